The normalized spacial score (nSPS) is 11.8. The third-order valence-corrected chi connectivity index (χ3v) is 8.26. The van der Waals surface area contributed by atoms with Gasteiger partial charge in [-0.2, -0.15) is 13.2 Å². The van der Waals surface area contributed by atoms with Gasteiger partial charge in [-0.15, -0.1) is 0 Å². The number of carbonyl (C=O) groups is 3. The minimum atomic E-state index is -5.08. The average molecular weight is 667 g/mol. The number of hydrogen-bond acceptors (Lipinski definition) is 8. The van der Waals surface area contributed by atoms with Gasteiger partial charge in [0.25, 0.3) is 0 Å². The molecular formula is C31H37F3N4O7S. The molecule has 3 aromatic carbocycles. The van der Waals surface area contributed by atoms with Crippen molar-refractivity contribution >= 4 is 39.0 Å². The highest BCUT2D eigenvalue weighted by atomic mass is 32.2. The molecule has 0 spiro atoms. The van der Waals surface area contributed by atoms with Crippen LogP contribution in [0.2, 0.25) is 0 Å². The molecule has 11 nitrogen and oxygen atoms in total. The lowest BCUT2D eigenvalue weighted by Crippen LogP contribution is -2.33. The Hall–Kier alpha value is -4.63. The summed E-state index contributed by atoms with van der Waals surface area (Å²) in [6.45, 7) is 7.59. The highest BCUT2D eigenvalue weighted by molar-refractivity contribution is 7.91. The lowest BCUT2D eigenvalue weighted by molar-refractivity contribution is -0.192. The summed E-state index contributed by atoms with van der Waals surface area (Å²) in [6.07, 6.45) is -5.08. The Morgan fingerprint density at radius 2 is 1.63 bits per heavy atom. The summed E-state index contributed by atoms with van der Waals surface area (Å²) in [4.78, 5) is 34.2. The van der Waals surface area contributed by atoms with Crippen LogP contribution in [0.4, 0.5) is 24.5 Å². The van der Waals surface area contributed by atoms with Crippen LogP contribution in [0.15, 0.2) is 65.6 Å². The van der Waals surface area contributed by atoms with E-state index in [0.717, 1.165) is 16.8 Å². The number of rotatable bonds is 12. The molecule has 1 atom stereocenters. The van der Waals surface area contributed by atoms with Gasteiger partial charge in [0.05, 0.1) is 17.3 Å². The van der Waals surface area contributed by atoms with Crippen molar-refractivity contribution in [2.75, 3.05) is 23.0 Å². The van der Waals surface area contributed by atoms with Gasteiger partial charge >= 0.3 is 12.1 Å². The fraction of sp³-hybridized carbons (Fsp3) is 0.323. The van der Waals surface area contributed by atoms with Crippen molar-refractivity contribution in [3.8, 4) is 5.75 Å². The van der Waals surface area contributed by atoms with Gasteiger partial charge in [-0.25, -0.2) is 13.2 Å². The highest BCUT2D eigenvalue weighted by Gasteiger charge is 2.38. The molecule has 0 aliphatic carbocycles. The van der Waals surface area contributed by atoms with Gasteiger partial charge < -0.3 is 31.5 Å². The summed E-state index contributed by atoms with van der Waals surface area (Å²) in [6, 6.07) is 16.7. The van der Waals surface area contributed by atoms with Crippen LogP contribution in [0.3, 0.4) is 0 Å². The Kier molecular flexibility index (Phi) is 13.6. The molecule has 0 saturated carbocycles. The number of amides is 2. The molecule has 0 heterocycles. The molecule has 0 bridgehead atoms. The van der Waals surface area contributed by atoms with Crippen molar-refractivity contribution in [1.82, 2.24) is 5.32 Å². The quantitative estimate of drug-likeness (QED) is 0.183. The van der Waals surface area contributed by atoms with Crippen LogP contribution < -0.4 is 26.4 Å². The predicted octanol–water partition coefficient (Wildman–Crippen LogP) is 4.71. The van der Waals surface area contributed by atoms with E-state index >= 15 is 0 Å². The topological polar surface area (TPSA) is 177 Å². The van der Waals surface area contributed by atoms with Crippen LogP contribution in [0, 0.1) is 6.92 Å². The summed E-state index contributed by atoms with van der Waals surface area (Å²) >= 11 is 0. The first-order valence-corrected chi connectivity index (χ1v) is 15.7. The van der Waals surface area contributed by atoms with E-state index in [2.05, 4.69) is 16.0 Å². The molecule has 0 aliphatic rings. The number of aryl methyl sites for hydroxylation is 1. The maximum absolute atomic E-state index is 13.6. The molecule has 1 unspecified atom stereocenters. The average Bonchev–Trinajstić information content (AvgIpc) is 2.98. The van der Waals surface area contributed by atoms with Crippen LogP contribution in [0.1, 0.15) is 49.1 Å². The molecule has 0 radical (unpaired) electrons. The first kappa shape index (κ1) is 37.6. The molecule has 3 aromatic rings. The number of halogens is 3. The number of ether oxygens (including phenoxy) is 1. The first-order valence-electron chi connectivity index (χ1n) is 14.0. The monoisotopic (exact) mass is 666 g/mol. The van der Waals surface area contributed by atoms with E-state index in [1.165, 1.54) is 19.1 Å². The van der Waals surface area contributed by atoms with Crippen LogP contribution in [-0.4, -0.2) is 49.8 Å². The van der Waals surface area contributed by atoms with E-state index in [1.807, 2.05) is 50.2 Å². The third-order valence-electron chi connectivity index (χ3n) is 6.43. The lowest BCUT2D eigenvalue weighted by Gasteiger charge is -2.22. The molecule has 250 valence electrons. The zero-order valence-corrected chi connectivity index (χ0v) is 26.5. The minimum absolute atomic E-state index is 0.0602. The SMILES string of the molecule is CCOc1cccc(C(Nc2ccc(CN)c(C)c2)C(=O)NCc2cc(NC(C)=O)ccc2S(=O)(=O)CC)c1.O=C(O)C(F)(F)F. The van der Waals surface area contributed by atoms with Gasteiger partial charge in [-0.3, -0.25) is 9.59 Å². The summed E-state index contributed by atoms with van der Waals surface area (Å²) in [7, 11) is -3.57. The third kappa shape index (κ3) is 11.1. The minimum Gasteiger partial charge on any atom is -0.494 e. The molecule has 6 N–H and O–H groups in total. The number of alkyl halides is 3. The zero-order chi connectivity index (χ0) is 34.7. The number of carbonyl (C=O) groups excluding carboxylic acids is 2. The molecule has 0 saturated heterocycles. The van der Waals surface area contributed by atoms with Crippen LogP contribution in [0.25, 0.3) is 0 Å². The standard InChI is InChI=1S/C29H36N4O5S.C2HF3O2/c1-5-38-26-9-7-8-21(16-26)28(33-24-11-10-22(17-30)19(3)14-24)29(35)31-18-23-15-25(32-20(4)34)12-13-27(23)39(36,37)6-2;3-2(4,5)1(6)7/h7-16,28,33H,5-6,17-18,30H2,1-4H3,(H,31,35)(H,32,34);(H,6,7). The summed E-state index contributed by atoms with van der Waals surface area (Å²) in [5, 5.41) is 16.0. The maximum Gasteiger partial charge on any atom is 0.490 e. The second kappa shape index (κ2) is 16.6. The van der Waals surface area contributed by atoms with E-state index in [-0.39, 0.29) is 29.0 Å². The fourth-order valence-electron chi connectivity index (χ4n) is 4.17. The molecule has 2 amide bonds. The summed E-state index contributed by atoms with van der Waals surface area (Å²) < 4.78 is 62.9. The van der Waals surface area contributed by atoms with Crippen molar-refractivity contribution in [1.29, 1.82) is 0 Å². The molecule has 0 aromatic heterocycles. The van der Waals surface area contributed by atoms with E-state index in [4.69, 9.17) is 20.4 Å². The predicted molar refractivity (Wildman–Crippen MR) is 167 cm³/mol. The number of nitrogens with two attached hydrogens (primary N) is 1. The van der Waals surface area contributed by atoms with Gasteiger partial charge in [0.2, 0.25) is 11.8 Å². The number of carboxylic acid groups (broad SMARTS) is 1. The van der Waals surface area contributed by atoms with Gasteiger partial charge in [-0.05, 0) is 78.6 Å². The molecule has 15 heteroatoms. The van der Waals surface area contributed by atoms with Crippen molar-refractivity contribution in [2.24, 2.45) is 5.73 Å². The molecule has 3 rings (SSSR count). The van der Waals surface area contributed by atoms with Gasteiger partial charge in [-0.1, -0.05) is 25.1 Å². The Balaban J connectivity index is 0.000000942. The van der Waals surface area contributed by atoms with Crippen molar-refractivity contribution in [3.63, 3.8) is 0 Å². The number of nitrogens with one attached hydrogen (secondary N) is 3. The van der Waals surface area contributed by atoms with Crippen LogP contribution in [-0.2, 0) is 37.3 Å². The Labute approximate surface area is 265 Å². The lowest BCUT2D eigenvalue weighted by atomic mass is 10.0. The van der Waals surface area contributed by atoms with Crippen molar-refractivity contribution in [2.45, 2.75) is 57.9 Å². The smallest absolute Gasteiger partial charge is 0.490 e. The van der Waals surface area contributed by atoms with Crippen LogP contribution in [0.5, 0.6) is 5.75 Å². The number of sulfone groups is 1. The van der Waals surface area contributed by atoms with E-state index in [9.17, 15) is 31.2 Å². The Bertz CT molecular complexity index is 1650. The first-order chi connectivity index (χ1) is 21.5. The molecule has 0 fully saturated rings. The molecule has 0 aliphatic heterocycles. The Morgan fingerprint density at radius 1 is 0.978 bits per heavy atom. The maximum atomic E-state index is 13.6. The fourth-order valence-corrected chi connectivity index (χ4v) is 5.29. The van der Waals surface area contributed by atoms with Crippen molar-refractivity contribution < 1.29 is 45.8 Å². The Morgan fingerprint density at radius 3 is 2.17 bits per heavy atom. The second-order valence-corrected chi connectivity index (χ2v) is 12.1. The van der Waals surface area contributed by atoms with E-state index in [1.54, 1.807) is 19.1 Å². The summed E-state index contributed by atoms with van der Waals surface area (Å²) in [5.74, 6) is -2.88. The van der Waals surface area contributed by atoms with E-state index < -0.39 is 28.0 Å². The van der Waals surface area contributed by atoms with Gasteiger partial charge in [0.1, 0.15) is 11.8 Å². The molecule has 46 heavy (non-hydrogen) atoms. The number of benzene rings is 3. The zero-order valence-electron chi connectivity index (χ0n) is 25.7. The highest BCUT2D eigenvalue weighted by Crippen LogP contribution is 2.26. The number of anilines is 2. The van der Waals surface area contributed by atoms with Gasteiger partial charge in [0, 0.05) is 31.4 Å². The largest absolute Gasteiger partial charge is 0.494 e. The second-order valence-electron chi connectivity index (χ2n) is 9.86. The van der Waals surface area contributed by atoms with Gasteiger partial charge in [0.15, 0.2) is 9.84 Å². The van der Waals surface area contributed by atoms with Crippen LogP contribution >= 0.6 is 0 Å². The number of carboxylic acids is 1. The van der Waals surface area contributed by atoms with Crippen molar-refractivity contribution in [3.05, 3.63) is 82.9 Å². The number of aliphatic carboxylic acids is 1. The summed E-state index contributed by atoms with van der Waals surface area (Å²) in [5.41, 5.74) is 10.0. The number of hydrogen-bond donors (Lipinski definition) is 5. The molecular weight excluding hydrogens is 629 g/mol. The van der Waals surface area contributed by atoms with E-state index in [0.29, 0.717) is 35.7 Å².